The van der Waals surface area contributed by atoms with E-state index >= 15 is 0 Å². The van der Waals surface area contributed by atoms with Gasteiger partial charge in [-0.1, -0.05) is 28.7 Å². The molecule has 0 N–H and O–H groups in total. The predicted molar refractivity (Wildman–Crippen MR) is 58.0 cm³/mol. The van der Waals surface area contributed by atoms with Gasteiger partial charge in [0.05, 0.1) is 0 Å². The number of halogens is 1. The lowest BCUT2D eigenvalue weighted by Crippen LogP contribution is -2.55. The summed E-state index contributed by atoms with van der Waals surface area (Å²) in [5, 5.41) is 0. The standard InChI is InChI=1S/C9H16IN/c1-9(2,3)11-6-8(7-11)4-5-10/h4-5,8H,6-7H2,1-3H3/b5-4+. The molecule has 1 nitrogen and oxygen atoms in total. The van der Waals surface area contributed by atoms with E-state index in [1.807, 2.05) is 0 Å². The summed E-state index contributed by atoms with van der Waals surface area (Å²) in [6, 6.07) is 0. The van der Waals surface area contributed by atoms with Gasteiger partial charge in [-0.25, -0.2) is 0 Å². The van der Waals surface area contributed by atoms with Crippen LogP contribution >= 0.6 is 22.6 Å². The number of nitrogens with zero attached hydrogens (tertiary/aromatic N) is 1. The molecule has 0 aromatic carbocycles. The van der Waals surface area contributed by atoms with Gasteiger partial charge in [-0.3, -0.25) is 4.90 Å². The predicted octanol–water partition coefficient (Wildman–Crippen LogP) is 2.67. The third-order valence-electron chi connectivity index (χ3n) is 2.20. The summed E-state index contributed by atoms with van der Waals surface area (Å²) < 4.78 is 2.13. The van der Waals surface area contributed by atoms with Gasteiger partial charge in [0, 0.05) is 24.5 Å². The molecule has 64 valence electrons. The van der Waals surface area contributed by atoms with Crippen molar-refractivity contribution < 1.29 is 0 Å². The molecule has 1 fully saturated rings. The number of hydrogen-bond acceptors (Lipinski definition) is 1. The molecule has 0 amide bonds. The summed E-state index contributed by atoms with van der Waals surface area (Å²) in [6.07, 6.45) is 2.29. The molecule has 2 heteroatoms. The summed E-state index contributed by atoms with van der Waals surface area (Å²) in [5.74, 6) is 0.811. The Morgan fingerprint density at radius 3 is 2.27 bits per heavy atom. The second-order valence-corrected chi connectivity index (χ2v) is 4.87. The first-order chi connectivity index (χ1) is 5.04. The van der Waals surface area contributed by atoms with Crippen LogP contribution in [0.5, 0.6) is 0 Å². The van der Waals surface area contributed by atoms with Crippen LogP contribution in [-0.4, -0.2) is 23.5 Å². The minimum Gasteiger partial charge on any atom is -0.297 e. The third kappa shape index (κ3) is 2.44. The highest BCUT2D eigenvalue weighted by Crippen LogP contribution is 2.25. The Labute approximate surface area is 83.0 Å². The quantitative estimate of drug-likeness (QED) is 0.659. The lowest BCUT2D eigenvalue weighted by Gasteiger charge is -2.46. The molecule has 0 unspecified atom stereocenters. The van der Waals surface area contributed by atoms with Gasteiger partial charge in [0.25, 0.3) is 0 Å². The van der Waals surface area contributed by atoms with Crippen molar-refractivity contribution in [3.63, 3.8) is 0 Å². The smallest absolute Gasteiger partial charge is 0.0125 e. The van der Waals surface area contributed by atoms with E-state index in [9.17, 15) is 0 Å². The van der Waals surface area contributed by atoms with Crippen LogP contribution < -0.4 is 0 Å². The average Bonchev–Trinajstić information content (AvgIpc) is 1.74. The Hall–Kier alpha value is 0.430. The van der Waals surface area contributed by atoms with Crippen LogP contribution in [-0.2, 0) is 0 Å². The highest BCUT2D eigenvalue weighted by atomic mass is 127. The topological polar surface area (TPSA) is 3.24 Å². The van der Waals surface area contributed by atoms with E-state index in [-0.39, 0.29) is 0 Å². The first-order valence-corrected chi connectivity index (χ1v) is 5.30. The van der Waals surface area contributed by atoms with E-state index in [1.54, 1.807) is 0 Å². The van der Waals surface area contributed by atoms with Gasteiger partial charge in [0.15, 0.2) is 0 Å². The molecule has 0 saturated carbocycles. The molecule has 1 heterocycles. The first-order valence-electron chi connectivity index (χ1n) is 4.06. The molecule has 0 spiro atoms. The molecule has 1 rings (SSSR count). The molecule has 0 aromatic rings. The van der Waals surface area contributed by atoms with Crippen molar-refractivity contribution in [2.24, 2.45) is 5.92 Å². The van der Waals surface area contributed by atoms with Crippen LogP contribution in [0.25, 0.3) is 0 Å². The maximum Gasteiger partial charge on any atom is 0.0125 e. The lowest BCUT2D eigenvalue weighted by molar-refractivity contribution is 0.0345. The Morgan fingerprint density at radius 1 is 1.36 bits per heavy atom. The summed E-state index contributed by atoms with van der Waals surface area (Å²) in [5.41, 5.74) is 0.371. The molecule has 0 bridgehead atoms. The highest BCUT2D eigenvalue weighted by Gasteiger charge is 2.32. The molecule has 1 saturated heterocycles. The maximum atomic E-state index is 2.51. The Morgan fingerprint density at radius 2 is 1.91 bits per heavy atom. The average molecular weight is 265 g/mol. The Kier molecular flexibility index (Phi) is 2.97. The summed E-state index contributed by atoms with van der Waals surface area (Å²) in [4.78, 5) is 2.51. The summed E-state index contributed by atoms with van der Waals surface area (Å²) in [7, 11) is 0. The fourth-order valence-electron chi connectivity index (χ4n) is 1.28. The fraction of sp³-hybridized carbons (Fsp3) is 0.778. The van der Waals surface area contributed by atoms with E-state index < -0.39 is 0 Å². The van der Waals surface area contributed by atoms with Gasteiger partial charge < -0.3 is 0 Å². The van der Waals surface area contributed by atoms with Gasteiger partial charge in [0.2, 0.25) is 0 Å². The van der Waals surface area contributed by atoms with Gasteiger partial charge in [-0.15, -0.1) is 0 Å². The van der Waals surface area contributed by atoms with Crippen molar-refractivity contribution in [1.29, 1.82) is 0 Å². The zero-order chi connectivity index (χ0) is 8.48. The third-order valence-corrected chi connectivity index (χ3v) is 2.62. The number of rotatable bonds is 1. The minimum absolute atomic E-state index is 0.371. The van der Waals surface area contributed by atoms with E-state index in [2.05, 4.69) is 58.4 Å². The Bertz CT molecular complexity index is 151. The highest BCUT2D eigenvalue weighted by molar-refractivity contribution is 14.1. The van der Waals surface area contributed by atoms with Gasteiger partial charge in [-0.2, -0.15) is 0 Å². The molecule has 0 aliphatic carbocycles. The lowest BCUT2D eigenvalue weighted by atomic mass is 9.93. The van der Waals surface area contributed by atoms with E-state index in [1.165, 1.54) is 13.1 Å². The molecule has 0 atom stereocenters. The SMILES string of the molecule is CC(C)(C)N1CC(/C=C/I)C1. The molecule has 1 aliphatic heterocycles. The van der Waals surface area contributed by atoms with Crippen LogP contribution in [0, 0.1) is 5.92 Å². The second-order valence-electron chi connectivity index (χ2n) is 4.15. The van der Waals surface area contributed by atoms with Crippen LogP contribution in [0.3, 0.4) is 0 Å². The van der Waals surface area contributed by atoms with Gasteiger partial charge >= 0.3 is 0 Å². The largest absolute Gasteiger partial charge is 0.297 e. The van der Waals surface area contributed by atoms with Crippen molar-refractivity contribution in [1.82, 2.24) is 4.90 Å². The molecule has 11 heavy (non-hydrogen) atoms. The number of likely N-dealkylation sites (tertiary alicyclic amines) is 1. The second kappa shape index (κ2) is 3.44. The van der Waals surface area contributed by atoms with Gasteiger partial charge in [-0.05, 0) is 24.9 Å². The van der Waals surface area contributed by atoms with Crippen LogP contribution in [0.4, 0.5) is 0 Å². The van der Waals surface area contributed by atoms with E-state index in [4.69, 9.17) is 0 Å². The minimum atomic E-state index is 0.371. The van der Waals surface area contributed by atoms with Crippen molar-refractivity contribution in [2.45, 2.75) is 26.3 Å². The Balaban J connectivity index is 2.30. The molecule has 0 aromatic heterocycles. The van der Waals surface area contributed by atoms with Crippen molar-refractivity contribution >= 4 is 22.6 Å². The zero-order valence-corrected chi connectivity index (χ0v) is 9.63. The summed E-state index contributed by atoms with van der Waals surface area (Å²) >= 11 is 2.29. The molecular weight excluding hydrogens is 249 g/mol. The van der Waals surface area contributed by atoms with Crippen molar-refractivity contribution in [3.05, 3.63) is 10.2 Å². The monoisotopic (exact) mass is 265 g/mol. The fourth-order valence-corrected chi connectivity index (χ4v) is 1.87. The molecule has 0 radical (unpaired) electrons. The van der Waals surface area contributed by atoms with E-state index in [0.29, 0.717) is 5.54 Å². The van der Waals surface area contributed by atoms with Crippen molar-refractivity contribution in [3.8, 4) is 0 Å². The van der Waals surface area contributed by atoms with Gasteiger partial charge in [0.1, 0.15) is 0 Å². The first kappa shape index (κ1) is 9.52. The number of hydrogen-bond donors (Lipinski definition) is 0. The van der Waals surface area contributed by atoms with Crippen molar-refractivity contribution in [2.75, 3.05) is 13.1 Å². The normalized spacial score (nSPS) is 22.5. The van der Waals surface area contributed by atoms with Crippen LogP contribution in [0.1, 0.15) is 20.8 Å². The zero-order valence-electron chi connectivity index (χ0n) is 7.47. The molecule has 1 aliphatic rings. The van der Waals surface area contributed by atoms with E-state index in [0.717, 1.165) is 5.92 Å². The van der Waals surface area contributed by atoms with Crippen LogP contribution in [0.15, 0.2) is 10.2 Å². The summed E-state index contributed by atoms with van der Waals surface area (Å²) in [6.45, 7) is 9.30. The van der Waals surface area contributed by atoms with Crippen LogP contribution in [0.2, 0.25) is 0 Å². The molecular formula is C9H16IN. The maximum absolute atomic E-state index is 2.51.